The molecule has 0 radical (unpaired) electrons. The Kier molecular flexibility index (Phi) is 6.92. The monoisotopic (exact) mass is 511 g/mol. The minimum absolute atomic E-state index is 0.0359. The Bertz CT molecular complexity index is 1270. The molecule has 2 heterocycles. The molecule has 1 aliphatic carbocycles. The number of hydrogen-bond donors (Lipinski definition) is 0. The number of hydrogen-bond acceptors (Lipinski definition) is 5. The number of Topliss-reactive ketones (excluding diaryl/α,β-unsaturated/α-hetero) is 1. The van der Waals surface area contributed by atoms with Crippen LogP contribution in [0, 0.1) is 5.82 Å². The molecule has 3 aliphatic rings. The number of piperazine rings is 1. The summed E-state index contributed by atoms with van der Waals surface area (Å²) in [6, 6.07) is 14.3. The van der Waals surface area contributed by atoms with E-state index in [-0.39, 0.29) is 24.2 Å². The van der Waals surface area contributed by atoms with Crippen LogP contribution in [-0.4, -0.2) is 55.6 Å². The first kappa shape index (κ1) is 25.0. The summed E-state index contributed by atoms with van der Waals surface area (Å²) in [6.45, 7) is 6.95. The van der Waals surface area contributed by atoms with E-state index in [9.17, 15) is 13.2 Å². The van der Waals surface area contributed by atoms with Gasteiger partial charge in [-0.25, -0.2) is 12.8 Å². The van der Waals surface area contributed by atoms with Crippen molar-refractivity contribution < 1.29 is 17.6 Å². The van der Waals surface area contributed by atoms with Gasteiger partial charge in [0.15, 0.2) is 5.78 Å². The maximum Gasteiger partial charge on any atom is 0.221 e. The molecule has 2 atom stereocenters. The van der Waals surface area contributed by atoms with Crippen LogP contribution in [0.1, 0.15) is 55.9 Å². The molecule has 2 saturated heterocycles. The van der Waals surface area contributed by atoms with E-state index >= 15 is 4.39 Å². The predicted octanol–water partition coefficient (Wildman–Crippen LogP) is 4.64. The molecule has 0 amide bonds. The molecular formula is C28H34FN3O3S. The van der Waals surface area contributed by atoms with Gasteiger partial charge >= 0.3 is 0 Å². The first-order chi connectivity index (χ1) is 17.3. The van der Waals surface area contributed by atoms with Gasteiger partial charge in [-0.3, -0.25) is 4.79 Å². The van der Waals surface area contributed by atoms with Gasteiger partial charge in [-0.05, 0) is 50.8 Å². The summed E-state index contributed by atoms with van der Waals surface area (Å²) >= 11 is 0. The van der Waals surface area contributed by atoms with Crippen LogP contribution in [0.15, 0.2) is 59.8 Å². The zero-order valence-electron chi connectivity index (χ0n) is 21.0. The van der Waals surface area contributed by atoms with Gasteiger partial charge < -0.3 is 9.80 Å². The van der Waals surface area contributed by atoms with Crippen molar-refractivity contribution in [3.05, 3.63) is 76.7 Å². The summed E-state index contributed by atoms with van der Waals surface area (Å²) in [5.41, 5.74) is 4.03. The Morgan fingerprint density at radius 1 is 0.944 bits per heavy atom. The molecule has 2 aromatic rings. The van der Waals surface area contributed by atoms with E-state index in [2.05, 4.69) is 9.80 Å². The Hall–Kier alpha value is -2.71. The van der Waals surface area contributed by atoms with Crippen molar-refractivity contribution in [2.45, 2.75) is 57.4 Å². The Morgan fingerprint density at radius 3 is 2.28 bits per heavy atom. The van der Waals surface area contributed by atoms with Gasteiger partial charge in [0.05, 0.1) is 0 Å². The van der Waals surface area contributed by atoms with Crippen LogP contribution in [0.2, 0.25) is 0 Å². The van der Waals surface area contributed by atoms with E-state index in [0.29, 0.717) is 18.4 Å². The van der Waals surface area contributed by atoms with Gasteiger partial charge in [0.25, 0.3) is 0 Å². The lowest BCUT2D eigenvalue weighted by atomic mass is 10.0. The smallest absolute Gasteiger partial charge is 0.221 e. The van der Waals surface area contributed by atoms with E-state index in [1.807, 2.05) is 50.2 Å². The van der Waals surface area contributed by atoms with E-state index < -0.39 is 15.3 Å². The fourth-order valence-electron chi connectivity index (χ4n) is 5.78. The lowest BCUT2D eigenvalue weighted by molar-refractivity contribution is -0.114. The Balaban J connectivity index is 1.28. The molecule has 5 rings (SSSR count). The standard InChI is InChI=1S/C28H34FN3O3S/c1-20-8-13-28(22-6-4-3-5-7-22)36(34,35)32(20)19-23-9-10-24(18-25(23)29)30-14-16-31(17-15-30)26-11-12-27(33)21(26)2/h3-7,9-10,18,20,28H,8,11-17,19H2,1-2H3. The van der Waals surface area contributed by atoms with E-state index in [1.54, 1.807) is 6.07 Å². The maximum absolute atomic E-state index is 15.3. The summed E-state index contributed by atoms with van der Waals surface area (Å²) < 4.78 is 43.8. The number of benzene rings is 2. The van der Waals surface area contributed by atoms with Gasteiger partial charge in [-0.1, -0.05) is 36.4 Å². The predicted molar refractivity (Wildman–Crippen MR) is 139 cm³/mol. The highest BCUT2D eigenvalue weighted by Crippen LogP contribution is 2.38. The molecule has 2 fully saturated rings. The summed E-state index contributed by atoms with van der Waals surface area (Å²) in [5, 5.41) is -0.595. The number of rotatable bonds is 5. The van der Waals surface area contributed by atoms with Gasteiger partial charge in [0.1, 0.15) is 11.1 Å². The fourth-order valence-corrected chi connectivity index (χ4v) is 7.97. The minimum atomic E-state index is -3.61. The summed E-state index contributed by atoms with van der Waals surface area (Å²) in [4.78, 5) is 16.3. The first-order valence-corrected chi connectivity index (χ1v) is 14.3. The molecule has 0 bridgehead atoms. The number of nitrogens with zero attached hydrogens (tertiary/aromatic N) is 3. The normalized spacial score (nSPS) is 25.0. The van der Waals surface area contributed by atoms with Gasteiger partial charge in [0, 0.05) is 67.7 Å². The molecule has 2 unspecified atom stereocenters. The third-order valence-corrected chi connectivity index (χ3v) is 10.4. The van der Waals surface area contributed by atoms with Crippen LogP contribution >= 0.6 is 0 Å². The molecule has 192 valence electrons. The van der Waals surface area contributed by atoms with Gasteiger partial charge in [-0.2, -0.15) is 4.31 Å². The quantitative estimate of drug-likeness (QED) is 0.585. The molecule has 0 aromatic heterocycles. The van der Waals surface area contributed by atoms with Crippen molar-refractivity contribution in [2.75, 3.05) is 31.1 Å². The molecule has 0 spiro atoms. The number of sulfonamides is 1. The second-order valence-electron chi connectivity index (χ2n) is 10.2. The zero-order valence-corrected chi connectivity index (χ0v) is 21.8. The van der Waals surface area contributed by atoms with Crippen molar-refractivity contribution in [1.29, 1.82) is 0 Å². The number of anilines is 1. The van der Waals surface area contributed by atoms with E-state index in [1.165, 1.54) is 10.4 Å². The second kappa shape index (κ2) is 9.98. The molecule has 6 nitrogen and oxygen atoms in total. The third-order valence-electron chi connectivity index (χ3n) is 8.03. The third kappa shape index (κ3) is 4.68. The number of ketones is 1. The van der Waals surface area contributed by atoms with Crippen LogP contribution in [0.4, 0.5) is 10.1 Å². The van der Waals surface area contributed by atoms with E-state index in [0.717, 1.165) is 61.5 Å². The Labute approximate surface area is 213 Å². The molecule has 8 heteroatoms. The summed E-state index contributed by atoms with van der Waals surface area (Å²) in [5.74, 6) is -0.135. The number of carbonyl (C=O) groups is 1. The molecule has 36 heavy (non-hydrogen) atoms. The van der Waals surface area contributed by atoms with E-state index in [4.69, 9.17) is 0 Å². The number of carbonyl (C=O) groups excluding carboxylic acids is 1. The molecule has 0 saturated carbocycles. The molecule has 2 aromatic carbocycles. The number of halogens is 1. The maximum atomic E-state index is 15.3. The highest BCUT2D eigenvalue weighted by atomic mass is 32.2. The van der Waals surface area contributed by atoms with Gasteiger partial charge in [0.2, 0.25) is 10.0 Å². The SMILES string of the molecule is CC1=C(N2CCN(c3ccc(CN4C(C)CCC(c5ccccc5)S4(=O)=O)c(F)c3)CC2)CCC1=O. The van der Waals surface area contributed by atoms with Crippen molar-refractivity contribution in [2.24, 2.45) is 0 Å². The van der Waals surface area contributed by atoms with Crippen molar-refractivity contribution in [3.63, 3.8) is 0 Å². The van der Waals surface area contributed by atoms with Crippen LogP contribution in [-0.2, 0) is 21.4 Å². The summed E-state index contributed by atoms with van der Waals surface area (Å²) in [7, 11) is -3.61. The minimum Gasteiger partial charge on any atom is -0.371 e. The first-order valence-electron chi connectivity index (χ1n) is 12.8. The van der Waals surface area contributed by atoms with Crippen LogP contribution in [0.3, 0.4) is 0 Å². The van der Waals surface area contributed by atoms with Gasteiger partial charge in [-0.15, -0.1) is 0 Å². The second-order valence-corrected chi connectivity index (χ2v) is 12.2. The van der Waals surface area contributed by atoms with Crippen molar-refractivity contribution in [3.8, 4) is 0 Å². The topological polar surface area (TPSA) is 60.9 Å². The average Bonchev–Trinajstić information content (AvgIpc) is 3.21. The lowest BCUT2D eigenvalue weighted by Crippen LogP contribution is -2.46. The van der Waals surface area contributed by atoms with Crippen molar-refractivity contribution in [1.82, 2.24) is 9.21 Å². The highest BCUT2D eigenvalue weighted by molar-refractivity contribution is 7.89. The molecule has 0 N–H and O–H groups in total. The number of allylic oxidation sites excluding steroid dienone is 2. The largest absolute Gasteiger partial charge is 0.371 e. The highest BCUT2D eigenvalue weighted by Gasteiger charge is 2.40. The Morgan fingerprint density at radius 2 is 1.64 bits per heavy atom. The fraction of sp³-hybridized carbons (Fsp3) is 0.464. The zero-order chi connectivity index (χ0) is 25.4. The molecule has 2 aliphatic heterocycles. The average molecular weight is 512 g/mol. The van der Waals surface area contributed by atoms with Crippen molar-refractivity contribution >= 4 is 21.5 Å². The molecular weight excluding hydrogens is 477 g/mol. The lowest BCUT2D eigenvalue weighted by Gasteiger charge is -2.39. The van der Waals surface area contributed by atoms with Crippen LogP contribution in [0.25, 0.3) is 0 Å². The van der Waals surface area contributed by atoms with Crippen LogP contribution in [0.5, 0.6) is 0 Å². The summed E-state index contributed by atoms with van der Waals surface area (Å²) in [6.07, 6.45) is 2.73. The van der Waals surface area contributed by atoms with Crippen LogP contribution < -0.4 is 4.90 Å².